The van der Waals surface area contributed by atoms with E-state index in [0.29, 0.717) is 5.92 Å². The molecule has 1 aromatic carbocycles. The molecule has 1 aliphatic carbocycles. The topological polar surface area (TPSA) is 54.9 Å². The monoisotopic (exact) mass is 291 g/mol. The van der Waals surface area contributed by atoms with Crippen LogP contribution in [-0.4, -0.2) is 15.9 Å². The molecule has 1 heterocycles. The summed E-state index contributed by atoms with van der Waals surface area (Å²) in [4.78, 5) is 20.1. The van der Waals surface area contributed by atoms with E-state index in [4.69, 9.17) is 11.6 Å². The number of rotatable bonds is 3. The quantitative estimate of drug-likeness (QED) is 0.943. The van der Waals surface area contributed by atoms with Gasteiger partial charge in [0.15, 0.2) is 0 Å². The Morgan fingerprint density at radius 2 is 2.10 bits per heavy atom. The van der Waals surface area contributed by atoms with Gasteiger partial charge in [0.1, 0.15) is 17.8 Å². The van der Waals surface area contributed by atoms with Crippen LogP contribution in [0.15, 0.2) is 30.6 Å². The number of aromatic nitrogens is 2. The molecule has 0 spiro atoms. The number of carbonyl (C=O) groups excluding carboxylic acids is 1. The molecule has 1 amide bonds. The molecule has 20 heavy (non-hydrogen) atoms. The van der Waals surface area contributed by atoms with Gasteiger partial charge in [0.25, 0.3) is 5.91 Å². The predicted molar refractivity (Wildman–Crippen MR) is 73.4 cm³/mol. The first kappa shape index (κ1) is 13.0. The summed E-state index contributed by atoms with van der Waals surface area (Å²) in [5, 5.41) is 2.75. The molecule has 0 unspecified atom stereocenters. The molecule has 3 rings (SSSR count). The molecule has 1 aliphatic rings. The Balaban J connectivity index is 1.80. The van der Waals surface area contributed by atoms with Crippen LogP contribution in [0.2, 0.25) is 5.02 Å². The fourth-order valence-corrected chi connectivity index (χ4v) is 2.03. The molecule has 1 saturated carbocycles. The largest absolute Gasteiger partial charge is 0.318 e. The summed E-state index contributed by atoms with van der Waals surface area (Å²) < 4.78 is 13.6. The number of carbonyl (C=O) groups is 1. The van der Waals surface area contributed by atoms with E-state index in [1.165, 1.54) is 18.5 Å². The molecule has 0 radical (unpaired) electrons. The van der Waals surface area contributed by atoms with Crippen molar-refractivity contribution in [1.82, 2.24) is 9.97 Å². The van der Waals surface area contributed by atoms with Gasteiger partial charge in [0, 0.05) is 16.6 Å². The lowest BCUT2D eigenvalue weighted by Gasteiger charge is -2.06. The van der Waals surface area contributed by atoms with E-state index in [1.807, 2.05) is 0 Å². The van der Waals surface area contributed by atoms with Crippen molar-refractivity contribution in [3.8, 4) is 0 Å². The van der Waals surface area contributed by atoms with Gasteiger partial charge < -0.3 is 5.32 Å². The molecular weight excluding hydrogens is 281 g/mol. The fraction of sp³-hybridized carbons (Fsp3) is 0.214. The van der Waals surface area contributed by atoms with Crippen molar-refractivity contribution in [3.05, 3.63) is 52.8 Å². The Hall–Kier alpha value is -2.01. The van der Waals surface area contributed by atoms with Crippen molar-refractivity contribution in [1.29, 1.82) is 0 Å². The van der Waals surface area contributed by atoms with Crippen LogP contribution in [-0.2, 0) is 0 Å². The van der Waals surface area contributed by atoms with Crippen molar-refractivity contribution in [2.24, 2.45) is 0 Å². The lowest BCUT2D eigenvalue weighted by Crippen LogP contribution is -2.15. The number of nitrogens with one attached hydrogen (secondary N) is 1. The Kier molecular flexibility index (Phi) is 3.36. The maximum Gasteiger partial charge on any atom is 0.274 e. The highest BCUT2D eigenvalue weighted by Gasteiger charge is 2.26. The number of nitrogens with zero attached hydrogens (tertiary/aromatic N) is 2. The molecule has 0 atom stereocenters. The van der Waals surface area contributed by atoms with Crippen molar-refractivity contribution in [2.75, 3.05) is 5.32 Å². The van der Waals surface area contributed by atoms with E-state index >= 15 is 0 Å². The Labute approximate surface area is 120 Å². The summed E-state index contributed by atoms with van der Waals surface area (Å²) in [5.74, 6) is -0.616. The van der Waals surface area contributed by atoms with Crippen LogP contribution in [0.1, 0.15) is 34.9 Å². The molecule has 0 saturated heterocycles. The molecule has 102 valence electrons. The Bertz CT molecular complexity index is 673. The third-order valence-electron chi connectivity index (χ3n) is 3.10. The van der Waals surface area contributed by atoms with Gasteiger partial charge in [-0.3, -0.25) is 4.79 Å². The molecule has 1 aromatic heterocycles. The van der Waals surface area contributed by atoms with Gasteiger partial charge in [0.05, 0.1) is 5.69 Å². The number of amides is 1. The fourth-order valence-electron chi connectivity index (χ4n) is 1.88. The highest BCUT2D eigenvalue weighted by atomic mass is 35.5. The summed E-state index contributed by atoms with van der Waals surface area (Å²) in [5.41, 5.74) is 1.17. The zero-order valence-corrected chi connectivity index (χ0v) is 11.2. The standard InChI is InChI=1S/C14H11ClFN3O/c15-9-3-4-11(10(16)5-9)19-14(20)13-6-12(8-1-2-8)17-7-18-13/h3-8H,1-2H2,(H,19,20). The van der Waals surface area contributed by atoms with Gasteiger partial charge in [-0.2, -0.15) is 0 Å². The van der Waals surface area contributed by atoms with Gasteiger partial charge in [-0.15, -0.1) is 0 Å². The minimum Gasteiger partial charge on any atom is -0.318 e. The smallest absolute Gasteiger partial charge is 0.274 e. The molecule has 2 aromatic rings. The van der Waals surface area contributed by atoms with Crippen LogP contribution in [0.25, 0.3) is 0 Å². The first-order chi connectivity index (χ1) is 9.63. The van der Waals surface area contributed by atoms with Gasteiger partial charge in [-0.25, -0.2) is 14.4 Å². The van der Waals surface area contributed by atoms with Gasteiger partial charge in [-0.05, 0) is 37.1 Å². The van der Waals surface area contributed by atoms with Crippen LogP contribution in [0.4, 0.5) is 10.1 Å². The maximum atomic E-state index is 13.6. The highest BCUT2D eigenvalue weighted by Crippen LogP contribution is 2.38. The number of hydrogen-bond donors (Lipinski definition) is 1. The second-order valence-corrected chi connectivity index (χ2v) is 5.12. The first-order valence-corrected chi connectivity index (χ1v) is 6.59. The first-order valence-electron chi connectivity index (χ1n) is 6.22. The van der Waals surface area contributed by atoms with E-state index in [-0.39, 0.29) is 16.4 Å². The summed E-state index contributed by atoms with van der Waals surface area (Å²) >= 11 is 5.66. The molecule has 1 fully saturated rings. The average Bonchev–Trinajstić information content (AvgIpc) is 3.26. The summed E-state index contributed by atoms with van der Waals surface area (Å²) in [6.45, 7) is 0. The van der Waals surface area contributed by atoms with Crippen LogP contribution >= 0.6 is 11.6 Å². The molecule has 4 nitrogen and oxygen atoms in total. The summed E-state index contributed by atoms with van der Waals surface area (Å²) in [7, 11) is 0. The zero-order valence-electron chi connectivity index (χ0n) is 10.4. The molecule has 0 aliphatic heterocycles. The average molecular weight is 292 g/mol. The normalized spacial score (nSPS) is 14.1. The Morgan fingerprint density at radius 3 is 2.80 bits per heavy atom. The van der Waals surface area contributed by atoms with Crippen molar-refractivity contribution >= 4 is 23.2 Å². The lowest BCUT2D eigenvalue weighted by molar-refractivity contribution is 0.102. The minimum absolute atomic E-state index is 0.0750. The summed E-state index contributed by atoms with van der Waals surface area (Å²) in [6.07, 6.45) is 3.54. The van der Waals surface area contributed by atoms with Crippen LogP contribution < -0.4 is 5.32 Å². The highest BCUT2D eigenvalue weighted by molar-refractivity contribution is 6.30. The van der Waals surface area contributed by atoms with Crippen LogP contribution in [0, 0.1) is 5.82 Å². The van der Waals surface area contributed by atoms with E-state index < -0.39 is 11.7 Å². The van der Waals surface area contributed by atoms with E-state index in [2.05, 4.69) is 15.3 Å². The maximum absolute atomic E-state index is 13.6. The molecule has 6 heteroatoms. The molecular formula is C14H11ClFN3O. The molecule has 0 bridgehead atoms. The number of benzene rings is 1. The SMILES string of the molecule is O=C(Nc1ccc(Cl)cc1F)c1cc(C2CC2)ncn1. The molecule has 1 N–H and O–H groups in total. The number of hydrogen-bond acceptors (Lipinski definition) is 3. The van der Waals surface area contributed by atoms with Crippen LogP contribution in [0.5, 0.6) is 0 Å². The van der Waals surface area contributed by atoms with Crippen LogP contribution in [0.3, 0.4) is 0 Å². The predicted octanol–water partition coefficient (Wildman–Crippen LogP) is 3.40. The Morgan fingerprint density at radius 1 is 1.30 bits per heavy atom. The third-order valence-corrected chi connectivity index (χ3v) is 3.33. The second kappa shape index (κ2) is 5.17. The van der Waals surface area contributed by atoms with Gasteiger partial charge in [0.2, 0.25) is 0 Å². The lowest BCUT2D eigenvalue weighted by atomic mass is 10.2. The number of anilines is 1. The van der Waals surface area contributed by atoms with E-state index in [1.54, 1.807) is 6.07 Å². The number of halogens is 2. The zero-order chi connectivity index (χ0) is 14.1. The van der Waals surface area contributed by atoms with Gasteiger partial charge >= 0.3 is 0 Å². The van der Waals surface area contributed by atoms with Gasteiger partial charge in [-0.1, -0.05) is 11.6 Å². The van der Waals surface area contributed by atoms with Crippen molar-refractivity contribution in [3.63, 3.8) is 0 Å². The minimum atomic E-state index is -0.581. The summed E-state index contributed by atoms with van der Waals surface area (Å²) in [6, 6.07) is 5.72. The van der Waals surface area contributed by atoms with E-state index in [0.717, 1.165) is 24.6 Å². The van der Waals surface area contributed by atoms with E-state index in [9.17, 15) is 9.18 Å². The van der Waals surface area contributed by atoms with Crippen molar-refractivity contribution in [2.45, 2.75) is 18.8 Å². The second-order valence-electron chi connectivity index (χ2n) is 4.68. The van der Waals surface area contributed by atoms with Crippen molar-refractivity contribution < 1.29 is 9.18 Å². The third kappa shape index (κ3) is 2.77.